The molecule has 0 atom stereocenters. The maximum Gasteiger partial charge on any atom is 0.306 e. The Morgan fingerprint density at radius 1 is 1.45 bits per heavy atom. The van der Waals surface area contributed by atoms with Gasteiger partial charge in [0.05, 0.1) is 10.8 Å². The number of amides is 2. The van der Waals surface area contributed by atoms with Crippen LogP contribution in [0.3, 0.4) is 0 Å². The number of nitrogens with one attached hydrogen (secondary N) is 1. The first-order valence-electron chi connectivity index (χ1n) is 5.89. The van der Waals surface area contributed by atoms with Gasteiger partial charge in [0.1, 0.15) is 0 Å². The molecule has 0 spiro atoms. The standard InChI is InChI=1S/C12H12FN3O4/c1-7(17)15-5-8(6-15)12(18)14-9-2-3-10(13)11(4-9)16(19)20/h2-4,8H,5-6H2,1H3,(H,14,18). The van der Waals surface area contributed by atoms with Gasteiger partial charge in [0.25, 0.3) is 0 Å². The molecule has 0 unspecified atom stereocenters. The molecule has 7 nitrogen and oxygen atoms in total. The topological polar surface area (TPSA) is 92.6 Å². The summed E-state index contributed by atoms with van der Waals surface area (Å²) < 4.78 is 13.1. The normalized spacial score (nSPS) is 14.6. The van der Waals surface area contributed by atoms with Gasteiger partial charge in [-0.25, -0.2) is 0 Å². The summed E-state index contributed by atoms with van der Waals surface area (Å²) in [5, 5.41) is 13.1. The maximum atomic E-state index is 13.1. The first-order valence-corrected chi connectivity index (χ1v) is 5.89. The van der Waals surface area contributed by atoms with Gasteiger partial charge in [0.15, 0.2) is 0 Å². The predicted octanol–water partition coefficient (Wildman–Crippen LogP) is 1.15. The van der Waals surface area contributed by atoms with Crippen molar-refractivity contribution in [2.45, 2.75) is 6.92 Å². The molecule has 1 heterocycles. The minimum Gasteiger partial charge on any atom is -0.341 e. The molecule has 0 radical (unpaired) electrons. The molecule has 1 aliphatic rings. The number of carbonyl (C=O) groups is 2. The number of likely N-dealkylation sites (tertiary alicyclic amines) is 1. The molecule has 1 saturated heterocycles. The van der Waals surface area contributed by atoms with Gasteiger partial charge in [0.2, 0.25) is 17.6 Å². The van der Waals surface area contributed by atoms with Crippen molar-refractivity contribution in [3.63, 3.8) is 0 Å². The molecule has 0 aromatic heterocycles. The van der Waals surface area contributed by atoms with Crippen LogP contribution in [-0.4, -0.2) is 34.7 Å². The molecule has 1 aromatic carbocycles. The number of hydrogen-bond donors (Lipinski definition) is 1. The monoisotopic (exact) mass is 281 g/mol. The van der Waals surface area contributed by atoms with Crippen molar-refractivity contribution >= 4 is 23.2 Å². The largest absolute Gasteiger partial charge is 0.341 e. The fourth-order valence-corrected chi connectivity index (χ4v) is 1.88. The Labute approximate surface area is 113 Å². The molecule has 2 rings (SSSR count). The lowest BCUT2D eigenvalue weighted by Crippen LogP contribution is -2.53. The smallest absolute Gasteiger partial charge is 0.306 e. The number of rotatable bonds is 3. The van der Waals surface area contributed by atoms with Crippen LogP contribution >= 0.6 is 0 Å². The number of hydrogen-bond acceptors (Lipinski definition) is 4. The van der Waals surface area contributed by atoms with Crippen LogP contribution < -0.4 is 5.32 Å². The summed E-state index contributed by atoms with van der Waals surface area (Å²) in [5.74, 6) is -1.75. The molecule has 0 aliphatic carbocycles. The highest BCUT2D eigenvalue weighted by Crippen LogP contribution is 2.23. The van der Waals surface area contributed by atoms with Crippen molar-refractivity contribution in [2.75, 3.05) is 18.4 Å². The van der Waals surface area contributed by atoms with E-state index < -0.39 is 16.4 Å². The Hall–Kier alpha value is -2.51. The van der Waals surface area contributed by atoms with E-state index in [1.54, 1.807) is 0 Å². The van der Waals surface area contributed by atoms with E-state index in [1.165, 1.54) is 17.9 Å². The van der Waals surface area contributed by atoms with Crippen LogP contribution in [0, 0.1) is 21.8 Å². The van der Waals surface area contributed by atoms with Gasteiger partial charge in [-0.1, -0.05) is 0 Å². The summed E-state index contributed by atoms with van der Waals surface area (Å²) in [7, 11) is 0. The molecule has 106 valence electrons. The van der Waals surface area contributed by atoms with Crippen molar-refractivity contribution in [1.82, 2.24) is 4.90 Å². The number of halogens is 1. The molecule has 20 heavy (non-hydrogen) atoms. The van der Waals surface area contributed by atoms with E-state index in [0.29, 0.717) is 13.1 Å². The Morgan fingerprint density at radius 2 is 2.10 bits per heavy atom. The lowest BCUT2D eigenvalue weighted by atomic mass is 9.99. The van der Waals surface area contributed by atoms with E-state index in [4.69, 9.17) is 0 Å². The second kappa shape index (κ2) is 5.24. The number of nitro groups is 1. The zero-order valence-electron chi connectivity index (χ0n) is 10.6. The number of nitrogens with zero attached hydrogens (tertiary/aromatic N) is 2. The minimum absolute atomic E-state index is 0.105. The average molecular weight is 281 g/mol. The Bertz CT molecular complexity index is 584. The molecule has 0 bridgehead atoms. The highest BCUT2D eigenvalue weighted by atomic mass is 19.1. The van der Waals surface area contributed by atoms with Crippen molar-refractivity contribution in [1.29, 1.82) is 0 Å². The summed E-state index contributed by atoms with van der Waals surface area (Å²) in [5.41, 5.74) is -0.536. The number of carbonyl (C=O) groups excluding carboxylic acids is 2. The quantitative estimate of drug-likeness (QED) is 0.664. The van der Waals surface area contributed by atoms with Crippen molar-refractivity contribution < 1.29 is 18.9 Å². The van der Waals surface area contributed by atoms with E-state index >= 15 is 0 Å². The molecular weight excluding hydrogens is 269 g/mol. The second-order valence-corrected chi connectivity index (χ2v) is 4.53. The van der Waals surface area contributed by atoms with E-state index in [1.807, 2.05) is 0 Å². The Kier molecular flexibility index (Phi) is 3.64. The first-order chi connectivity index (χ1) is 9.38. The van der Waals surface area contributed by atoms with Crippen LogP contribution in [0.4, 0.5) is 15.8 Å². The predicted molar refractivity (Wildman–Crippen MR) is 67.4 cm³/mol. The first kappa shape index (κ1) is 13.9. The Morgan fingerprint density at radius 3 is 2.65 bits per heavy atom. The molecule has 0 saturated carbocycles. The third-order valence-corrected chi connectivity index (χ3v) is 3.11. The molecule has 1 aromatic rings. The summed E-state index contributed by atoms with van der Waals surface area (Å²) >= 11 is 0. The Balaban J connectivity index is 2.01. The van der Waals surface area contributed by atoms with Crippen LogP contribution in [0.25, 0.3) is 0 Å². The highest BCUT2D eigenvalue weighted by molar-refractivity contribution is 5.94. The third-order valence-electron chi connectivity index (χ3n) is 3.11. The molecular formula is C12H12FN3O4. The van der Waals surface area contributed by atoms with Gasteiger partial charge in [-0.15, -0.1) is 0 Å². The average Bonchev–Trinajstić information content (AvgIpc) is 2.28. The van der Waals surface area contributed by atoms with Crippen molar-refractivity contribution in [2.24, 2.45) is 5.92 Å². The lowest BCUT2D eigenvalue weighted by Gasteiger charge is -2.37. The van der Waals surface area contributed by atoms with Gasteiger partial charge in [-0.05, 0) is 12.1 Å². The van der Waals surface area contributed by atoms with E-state index in [2.05, 4.69) is 5.32 Å². The number of nitro benzene ring substituents is 1. The maximum absolute atomic E-state index is 13.1. The van der Waals surface area contributed by atoms with E-state index in [9.17, 15) is 24.1 Å². The van der Waals surface area contributed by atoms with Gasteiger partial charge in [-0.3, -0.25) is 19.7 Å². The van der Waals surface area contributed by atoms with Crippen LogP contribution in [0.2, 0.25) is 0 Å². The van der Waals surface area contributed by atoms with Crippen LogP contribution in [-0.2, 0) is 9.59 Å². The summed E-state index contributed by atoms with van der Waals surface area (Å²) in [4.78, 5) is 34.0. The highest BCUT2D eigenvalue weighted by Gasteiger charge is 2.34. The second-order valence-electron chi connectivity index (χ2n) is 4.53. The zero-order valence-corrected chi connectivity index (χ0v) is 10.6. The fraction of sp³-hybridized carbons (Fsp3) is 0.333. The van der Waals surface area contributed by atoms with Crippen LogP contribution in [0.5, 0.6) is 0 Å². The lowest BCUT2D eigenvalue weighted by molar-refractivity contribution is -0.387. The minimum atomic E-state index is -0.959. The summed E-state index contributed by atoms with van der Waals surface area (Å²) in [6, 6.07) is 3.15. The van der Waals surface area contributed by atoms with Crippen LogP contribution in [0.15, 0.2) is 18.2 Å². The van der Waals surface area contributed by atoms with Crippen molar-refractivity contribution in [3.05, 3.63) is 34.1 Å². The van der Waals surface area contributed by atoms with Gasteiger partial charge < -0.3 is 10.2 Å². The molecule has 1 fully saturated rings. The number of anilines is 1. The zero-order chi connectivity index (χ0) is 14.9. The van der Waals surface area contributed by atoms with Gasteiger partial charge in [-0.2, -0.15) is 4.39 Å². The summed E-state index contributed by atoms with van der Waals surface area (Å²) in [6.45, 7) is 2.06. The number of benzene rings is 1. The van der Waals surface area contributed by atoms with Crippen LogP contribution in [0.1, 0.15) is 6.92 Å². The fourth-order valence-electron chi connectivity index (χ4n) is 1.88. The molecule has 8 heteroatoms. The van der Waals surface area contributed by atoms with E-state index in [0.717, 1.165) is 12.1 Å². The molecule has 1 aliphatic heterocycles. The molecule has 1 N–H and O–H groups in total. The SMILES string of the molecule is CC(=O)N1CC(C(=O)Nc2ccc(F)c([N+](=O)[O-])c2)C1. The third kappa shape index (κ3) is 2.73. The van der Waals surface area contributed by atoms with Gasteiger partial charge in [0, 0.05) is 31.8 Å². The van der Waals surface area contributed by atoms with E-state index in [-0.39, 0.29) is 23.4 Å². The van der Waals surface area contributed by atoms with Gasteiger partial charge >= 0.3 is 5.69 Å². The van der Waals surface area contributed by atoms with Crippen molar-refractivity contribution in [3.8, 4) is 0 Å². The summed E-state index contributed by atoms with van der Waals surface area (Å²) in [6.07, 6.45) is 0. The molecule has 2 amide bonds.